The molecule has 3 aromatic rings. The van der Waals surface area contributed by atoms with Gasteiger partial charge in [0, 0.05) is 23.9 Å². The van der Waals surface area contributed by atoms with Gasteiger partial charge in [-0.1, -0.05) is 11.6 Å². The molecule has 3 aromatic carbocycles. The van der Waals surface area contributed by atoms with E-state index in [1.807, 2.05) is 0 Å². The van der Waals surface area contributed by atoms with Crippen LogP contribution in [0.1, 0.15) is 6.42 Å². The Hall–Kier alpha value is -3.65. The summed E-state index contributed by atoms with van der Waals surface area (Å²) in [7, 11) is 0. The van der Waals surface area contributed by atoms with E-state index in [2.05, 4.69) is 0 Å². The highest BCUT2D eigenvalue weighted by atomic mass is 35.5. The lowest BCUT2D eigenvalue weighted by Gasteiger charge is -2.11. The molecule has 0 aliphatic rings. The predicted molar refractivity (Wildman–Crippen MR) is 121 cm³/mol. The standard InChI is InChI=1S/C15H20N4O2.C6H5ClO2/c16-10-2-4-14(12(18)8-10)20-6-1-7-21-15-5-3-11(17)9-13(15)19;7-5-2-1-4(8)3-6(5)9/h2-5,8-9H,1,6-7,16-19H2;1-3,8-9H. The molecule has 0 fully saturated rings. The van der Waals surface area contributed by atoms with Crippen molar-refractivity contribution < 1.29 is 19.7 Å². The molecule has 0 aromatic heterocycles. The summed E-state index contributed by atoms with van der Waals surface area (Å²) in [6.07, 6.45) is 0.702. The van der Waals surface area contributed by atoms with Crippen LogP contribution in [0.2, 0.25) is 5.02 Å². The van der Waals surface area contributed by atoms with Gasteiger partial charge in [-0.25, -0.2) is 0 Å². The molecule has 3 rings (SSSR count). The van der Waals surface area contributed by atoms with E-state index in [0.29, 0.717) is 53.9 Å². The number of anilines is 4. The van der Waals surface area contributed by atoms with Gasteiger partial charge in [-0.2, -0.15) is 0 Å². The highest BCUT2D eigenvalue weighted by Gasteiger charge is 2.03. The number of phenolic OH excluding ortho intramolecular Hbond substituents is 2. The Labute approximate surface area is 179 Å². The highest BCUT2D eigenvalue weighted by Crippen LogP contribution is 2.26. The number of hydrogen-bond acceptors (Lipinski definition) is 8. The lowest BCUT2D eigenvalue weighted by molar-refractivity contribution is 0.249. The molecule has 0 aliphatic carbocycles. The smallest absolute Gasteiger partial charge is 0.142 e. The Morgan fingerprint density at radius 3 is 1.60 bits per heavy atom. The zero-order valence-corrected chi connectivity index (χ0v) is 17.0. The fourth-order valence-electron chi connectivity index (χ4n) is 2.32. The first kappa shape index (κ1) is 22.6. The first-order valence-electron chi connectivity index (χ1n) is 8.99. The minimum absolute atomic E-state index is 0.0110. The van der Waals surface area contributed by atoms with E-state index in [0.717, 1.165) is 0 Å². The number of benzene rings is 3. The first-order chi connectivity index (χ1) is 14.3. The van der Waals surface area contributed by atoms with Crippen LogP contribution < -0.4 is 32.4 Å². The molecule has 8 nitrogen and oxygen atoms in total. The molecule has 30 heavy (non-hydrogen) atoms. The summed E-state index contributed by atoms with van der Waals surface area (Å²) in [4.78, 5) is 0. The number of hydrogen-bond donors (Lipinski definition) is 6. The predicted octanol–water partition coefficient (Wildman–Crippen LogP) is 3.61. The molecule has 0 heterocycles. The highest BCUT2D eigenvalue weighted by molar-refractivity contribution is 6.32. The Kier molecular flexibility index (Phi) is 8.13. The third kappa shape index (κ3) is 7.06. The first-order valence-corrected chi connectivity index (χ1v) is 9.37. The molecule has 10 N–H and O–H groups in total. The maximum absolute atomic E-state index is 8.81. The molecule has 0 radical (unpaired) electrons. The molecule has 0 unspecified atom stereocenters. The van der Waals surface area contributed by atoms with Crippen molar-refractivity contribution >= 4 is 34.4 Å². The van der Waals surface area contributed by atoms with Crippen LogP contribution >= 0.6 is 11.6 Å². The van der Waals surface area contributed by atoms with Gasteiger partial charge < -0.3 is 42.6 Å². The van der Waals surface area contributed by atoms with Gasteiger partial charge in [-0.05, 0) is 48.5 Å². The Morgan fingerprint density at radius 1 is 0.700 bits per heavy atom. The second-order valence-electron chi connectivity index (χ2n) is 6.28. The second kappa shape index (κ2) is 10.8. The molecule has 0 amide bonds. The van der Waals surface area contributed by atoms with Gasteiger partial charge in [0.1, 0.15) is 23.0 Å². The number of aromatic hydroxyl groups is 2. The van der Waals surface area contributed by atoms with E-state index < -0.39 is 0 Å². The molecule has 0 saturated heterocycles. The Bertz CT molecular complexity index is 932. The maximum atomic E-state index is 8.81. The third-order valence-electron chi connectivity index (χ3n) is 3.80. The third-order valence-corrected chi connectivity index (χ3v) is 4.12. The molecular weight excluding hydrogens is 408 g/mol. The summed E-state index contributed by atoms with van der Waals surface area (Å²) < 4.78 is 11.1. The number of rotatable bonds is 6. The summed E-state index contributed by atoms with van der Waals surface area (Å²) in [5.41, 5.74) is 25.1. The van der Waals surface area contributed by atoms with Crippen molar-refractivity contribution in [2.24, 2.45) is 0 Å². The number of phenols is 2. The largest absolute Gasteiger partial charge is 0.508 e. The van der Waals surface area contributed by atoms with Crippen molar-refractivity contribution in [1.29, 1.82) is 0 Å². The van der Waals surface area contributed by atoms with Crippen molar-refractivity contribution in [1.82, 2.24) is 0 Å². The molecule has 0 aliphatic heterocycles. The zero-order chi connectivity index (χ0) is 22.1. The van der Waals surface area contributed by atoms with E-state index >= 15 is 0 Å². The fraction of sp³-hybridized carbons (Fsp3) is 0.143. The van der Waals surface area contributed by atoms with Gasteiger partial charge in [0.25, 0.3) is 0 Å². The van der Waals surface area contributed by atoms with E-state index in [1.54, 1.807) is 36.4 Å². The minimum atomic E-state index is -0.100. The average Bonchev–Trinajstić information content (AvgIpc) is 2.68. The second-order valence-corrected chi connectivity index (χ2v) is 6.69. The molecule has 0 saturated carbocycles. The number of nitrogens with two attached hydrogens (primary N) is 4. The Balaban J connectivity index is 0.000000297. The number of nitrogen functional groups attached to an aromatic ring is 4. The van der Waals surface area contributed by atoms with Crippen molar-refractivity contribution in [2.75, 3.05) is 36.1 Å². The molecule has 0 atom stereocenters. The van der Waals surface area contributed by atoms with E-state index in [9.17, 15) is 0 Å². The van der Waals surface area contributed by atoms with Crippen LogP contribution in [0.25, 0.3) is 0 Å². The van der Waals surface area contributed by atoms with E-state index in [-0.39, 0.29) is 16.5 Å². The molecule has 0 bridgehead atoms. The van der Waals surface area contributed by atoms with Gasteiger partial charge in [-0.3, -0.25) is 0 Å². The van der Waals surface area contributed by atoms with E-state index in [4.69, 9.17) is 54.2 Å². The van der Waals surface area contributed by atoms with Gasteiger partial charge in [-0.15, -0.1) is 0 Å². The number of halogens is 1. The van der Waals surface area contributed by atoms with Crippen LogP contribution in [-0.4, -0.2) is 23.4 Å². The van der Waals surface area contributed by atoms with Crippen molar-refractivity contribution in [3.05, 3.63) is 59.6 Å². The fourth-order valence-corrected chi connectivity index (χ4v) is 2.44. The van der Waals surface area contributed by atoms with Crippen LogP contribution in [0, 0.1) is 0 Å². The minimum Gasteiger partial charge on any atom is -0.508 e. The van der Waals surface area contributed by atoms with Crippen molar-refractivity contribution in [3.63, 3.8) is 0 Å². The summed E-state index contributed by atoms with van der Waals surface area (Å²) in [6, 6.07) is 14.3. The van der Waals surface area contributed by atoms with E-state index in [1.165, 1.54) is 18.2 Å². The lowest BCUT2D eigenvalue weighted by atomic mass is 10.2. The van der Waals surface area contributed by atoms with Crippen LogP contribution in [0.4, 0.5) is 22.7 Å². The summed E-state index contributed by atoms with van der Waals surface area (Å²) >= 11 is 5.42. The van der Waals surface area contributed by atoms with Crippen LogP contribution in [0.3, 0.4) is 0 Å². The topological polar surface area (TPSA) is 163 Å². The van der Waals surface area contributed by atoms with Crippen LogP contribution in [-0.2, 0) is 0 Å². The quantitative estimate of drug-likeness (QED) is 0.254. The van der Waals surface area contributed by atoms with Gasteiger partial charge in [0.2, 0.25) is 0 Å². The zero-order valence-electron chi connectivity index (χ0n) is 16.2. The monoisotopic (exact) mass is 432 g/mol. The molecule has 0 spiro atoms. The number of ether oxygens (including phenoxy) is 2. The summed E-state index contributed by atoms with van der Waals surface area (Å²) in [6.45, 7) is 0.978. The molecular formula is C21H25ClN4O4. The van der Waals surface area contributed by atoms with Gasteiger partial charge in [0.15, 0.2) is 0 Å². The van der Waals surface area contributed by atoms with Crippen LogP contribution in [0.5, 0.6) is 23.0 Å². The van der Waals surface area contributed by atoms with Gasteiger partial charge in [0.05, 0.1) is 29.6 Å². The Morgan fingerprint density at radius 2 is 1.20 bits per heavy atom. The maximum Gasteiger partial charge on any atom is 0.142 e. The molecule has 9 heteroatoms. The van der Waals surface area contributed by atoms with Crippen molar-refractivity contribution in [3.8, 4) is 23.0 Å². The van der Waals surface area contributed by atoms with Crippen molar-refractivity contribution in [2.45, 2.75) is 6.42 Å². The average molecular weight is 433 g/mol. The van der Waals surface area contributed by atoms with Crippen LogP contribution in [0.15, 0.2) is 54.6 Å². The lowest BCUT2D eigenvalue weighted by Crippen LogP contribution is -2.07. The molecule has 160 valence electrons. The van der Waals surface area contributed by atoms with Gasteiger partial charge >= 0.3 is 0 Å². The summed E-state index contributed by atoms with van der Waals surface area (Å²) in [5.74, 6) is 1.15. The normalized spacial score (nSPS) is 10.0. The summed E-state index contributed by atoms with van der Waals surface area (Å²) in [5, 5.41) is 17.8. The SMILES string of the molecule is Nc1ccc(OCCCOc2ccc(N)cc2N)c(N)c1.Oc1ccc(Cl)c(O)c1.